The molecule has 2 aromatic heterocycles. The number of carboxylic acids is 1. The summed E-state index contributed by atoms with van der Waals surface area (Å²) in [5.74, 6) is 0.376. The number of carboxylic acid groups (broad SMARTS) is 1. The van der Waals surface area contributed by atoms with Gasteiger partial charge in [-0.05, 0) is 60.8 Å². The van der Waals surface area contributed by atoms with E-state index in [1.54, 1.807) is 0 Å². The minimum atomic E-state index is -0.700. The Kier molecular flexibility index (Phi) is 8.26. The lowest BCUT2D eigenvalue weighted by Gasteiger charge is -2.20. The first-order chi connectivity index (χ1) is 12.6. The highest BCUT2D eigenvalue weighted by molar-refractivity contribution is 5.66. The molecule has 2 heterocycles. The van der Waals surface area contributed by atoms with Crippen LogP contribution < -0.4 is 4.57 Å². The van der Waals surface area contributed by atoms with Crippen molar-refractivity contribution in [3.8, 4) is 0 Å². The Hall–Kier alpha value is -2.23. The second kappa shape index (κ2) is 10.7. The van der Waals surface area contributed by atoms with Crippen LogP contribution in [0.4, 0.5) is 0 Å². The summed E-state index contributed by atoms with van der Waals surface area (Å²) in [5.41, 5.74) is 2.75. The molecule has 2 rings (SSSR count). The number of pyridine rings is 2. The second-order valence-electron chi connectivity index (χ2n) is 7.10. The standard InChI is InChI=1S/C22H30N2O2/c1-3-19(17-18(2)20-8-12-23-13-9-20)21-10-15-24(16-11-21)14-6-4-5-7-22(25)26/h8-13,15-16,18-19H,3-7,14,17H2,1-2H3/p+1. The smallest absolute Gasteiger partial charge is 0.303 e. The highest BCUT2D eigenvalue weighted by Crippen LogP contribution is 2.31. The molecule has 0 aliphatic rings. The normalized spacial score (nSPS) is 13.3. The van der Waals surface area contributed by atoms with Gasteiger partial charge >= 0.3 is 5.97 Å². The number of aliphatic carboxylic acids is 1. The molecule has 4 nitrogen and oxygen atoms in total. The molecule has 4 heteroatoms. The first-order valence-electron chi connectivity index (χ1n) is 9.70. The molecule has 0 bridgehead atoms. The zero-order chi connectivity index (χ0) is 18.8. The van der Waals surface area contributed by atoms with Crippen LogP contribution in [0.5, 0.6) is 0 Å². The van der Waals surface area contributed by atoms with Gasteiger partial charge in [0, 0.05) is 37.4 Å². The molecule has 26 heavy (non-hydrogen) atoms. The van der Waals surface area contributed by atoms with Crippen LogP contribution in [-0.2, 0) is 11.3 Å². The summed E-state index contributed by atoms with van der Waals surface area (Å²) >= 11 is 0. The van der Waals surface area contributed by atoms with Crippen molar-refractivity contribution < 1.29 is 14.5 Å². The molecule has 0 spiro atoms. The fourth-order valence-corrected chi connectivity index (χ4v) is 3.43. The summed E-state index contributed by atoms with van der Waals surface area (Å²) in [4.78, 5) is 14.6. The van der Waals surface area contributed by atoms with E-state index < -0.39 is 5.97 Å². The quantitative estimate of drug-likeness (QED) is 0.469. The lowest BCUT2D eigenvalue weighted by Crippen LogP contribution is -2.32. The molecule has 0 fully saturated rings. The van der Waals surface area contributed by atoms with Gasteiger partial charge in [-0.25, -0.2) is 4.57 Å². The monoisotopic (exact) mass is 355 g/mol. The topological polar surface area (TPSA) is 54.1 Å². The maximum Gasteiger partial charge on any atom is 0.303 e. The lowest BCUT2D eigenvalue weighted by atomic mass is 9.85. The van der Waals surface area contributed by atoms with Crippen molar-refractivity contribution in [1.29, 1.82) is 0 Å². The van der Waals surface area contributed by atoms with Gasteiger partial charge in [0.05, 0.1) is 0 Å². The molecule has 0 radical (unpaired) electrons. The Morgan fingerprint density at radius 2 is 1.77 bits per heavy atom. The third-order valence-electron chi connectivity index (χ3n) is 5.10. The van der Waals surface area contributed by atoms with E-state index in [0.29, 0.717) is 11.8 Å². The summed E-state index contributed by atoms with van der Waals surface area (Å²) in [6.45, 7) is 5.50. The Morgan fingerprint density at radius 3 is 2.38 bits per heavy atom. The summed E-state index contributed by atoms with van der Waals surface area (Å²) in [5, 5.41) is 8.66. The summed E-state index contributed by atoms with van der Waals surface area (Å²) < 4.78 is 2.20. The summed E-state index contributed by atoms with van der Waals surface area (Å²) in [7, 11) is 0. The van der Waals surface area contributed by atoms with E-state index in [9.17, 15) is 4.79 Å². The van der Waals surface area contributed by atoms with Crippen LogP contribution in [-0.4, -0.2) is 16.1 Å². The number of hydrogen-bond donors (Lipinski definition) is 1. The van der Waals surface area contributed by atoms with Gasteiger partial charge in [0.2, 0.25) is 0 Å². The molecule has 0 amide bonds. The summed E-state index contributed by atoms with van der Waals surface area (Å²) in [6, 6.07) is 8.71. The number of aryl methyl sites for hydroxylation is 1. The molecule has 0 saturated carbocycles. The Bertz CT molecular complexity index is 656. The molecule has 2 unspecified atom stereocenters. The van der Waals surface area contributed by atoms with Gasteiger partial charge in [0.15, 0.2) is 12.4 Å². The summed E-state index contributed by atoms with van der Waals surface area (Å²) in [6.07, 6.45) is 13.3. The molecule has 0 aliphatic carbocycles. The average molecular weight is 356 g/mol. The molecule has 140 valence electrons. The molecule has 0 aromatic carbocycles. The first kappa shape index (κ1) is 20.1. The van der Waals surface area contributed by atoms with Gasteiger partial charge in [0.1, 0.15) is 6.54 Å². The van der Waals surface area contributed by atoms with Gasteiger partial charge in [-0.3, -0.25) is 9.78 Å². The number of rotatable bonds is 11. The molecular weight excluding hydrogens is 324 g/mol. The van der Waals surface area contributed by atoms with Crippen molar-refractivity contribution in [3.63, 3.8) is 0 Å². The molecule has 1 N–H and O–H groups in total. The van der Waals surface area contributed by atoms with Gasteiger partial charge in [-0.2, -0.15) is 0 Å². The van der Waals surface area contributed by atoms with Gasteiger partial charge in [-0.1, -0.05) is 13.8 Å². The van der Waals surface area contributed by atoms with E-state index in [1.807, 2.05) is 12.4 Å². The lowest BCUT2D eigenvalue weighted by molar-refractivity contribution is -0.697. The number of nitrogens with zero attached hydrogens (tertiary/aromatic N) is 2. The van der Waals surface area contributed by atoms with Crippen LogP contribution in [0.2, 0.25) is 0 Å². The van der Waals surface area contributed by atoms with Crippen LogP contribution in [0.1, 0.15) is 75.3 Å². The molecule has 2 atom stereocenters. The van der Waals surface area contributed by atoms with Crippen molar-refractivity contribution >= 4 is 5.97 Å². The van der Waals surface area contributed by atoms with Gasteiger partial charge in [-0.15, -0.1) is 0 Å². The third kappa shape index (κ3) is 6.58. The number of carbonyl (C=O) groups is 1. The number of unbranched alkanes of at least 4 members (excludes halogenated alkanes) is 2. The van der Waals surface area contributed by atoms with Gasteiger partial charge in [0.25, 0.3) is 0 Å². The minimum absolute atomic E-state index is 0.275. The average Bonchev–Trinajstić information content (AvgIpc) is 2.66. The van der Waals surface area contributed by atoms with Crippen molar-refractivity contribution in [3.05, 3.63) is 60.2 Å². The molecule has 0 saturated heterocycles. The number of hydrogen-bond acceptors (Lipinski definition) is 2. The van der Waals surface area contributed by atoms with Crippen molar-refractivity contribution in [2.24, 2.45) is 0 Å². The Labute approximate surface area is 156 Å². The van der Waals surface area contributed by atoms with E-state index in [4.69, 9.17) is 5.11 Å². The SMILES string of the molecule is CCC(CC(C)c1ccncc1)c1cc[n+](CCCCCC(=O)O)cc1. The molecule has 2 aromatic rings. The van der Waals surface area contributed by atoms with E-state index in [2.05, 4.69) is 60.1 Å². The number of aromatic nitrogens is 2. The maximum atomic E-state index is 10.5. The van der Waals surface area contributed by atoms with E-state index in [-0.39, 0.29) is 6.42 Å². The minimum Gasteiger partial charge on any atom is -0.481 e. The highest BCUT2D eigenvalue weighted by atomic mass is 16.4. The van der Waals surface area contributed by atoms with Crippen LogP contribution in [0.3, 0.4) is 0 Å². The van der Waals surface area contributed by atoms with Crippen LogP contribution in [0.15, 0.2) is 49.1 Å². The van der Waals surface area contributed by atoms with Crippen LogP contribution in [0, 0.1) is 0 Å². The predicted molar refractivity (Wildman–Crippen MR) is 103 cm³/mol. The zero-order valence-electron chi connectivity index (χ0n) is 16.0. The highest BCUT2D eigenvalue weighted by Gasteiger charge is 2.16. The van der Waals surface area contributed by atoms with Crippen molar-refractivity contribution in [1.82, 2.24) is 4.98 Å². The fraction of sp³-hybridized carbons (Fsp3) is 0.500. The largest absolute Gasteiger partial charge is 0.481 e. The maximum absolute atomic E-state index is 10.5. The zero-order valence-corrected chi connectivity index (χ0v) is 16.0. The second-order valence-corrected chi connectivity index (χ2v) is 7.10. The third-order valence-corrected chi connectivity index (χ3v) is 5.10. The van der Waals surface area contributed by atoms with E-state index in [0.717, 1.165) is 38.6 Å². The van der Waals surface area contributed by atoms with E-state index >= 15 is 0 Å². The predicted octanol–water partition coefficient (Wildman–Crippen LogP) is 4.70. The van der Waals surface area contributed by atoms with Crippen LogP contribution in [0.25, 0.3) is 0 Å². The Balaban J connectivity index is 1.85. The van der Waals surface area contributed by atoms with Crippen LogP contribution >= 0.6 is 0 Å². The van der Waals surface area contributed by atoms with Crippen molar-refractivity contribution in [2.45, 2.75) is 70.8 Å². The first-order valence-corrected chi connectivity index (χ1v) is 9.70. The Morgan fingerprint density at radius 1 is 1.08 bits per heavy atom. The molecule has 0 aliphatic heterocycles. The van der Waals surface area contributed by atoms with E-state index in [1.165, 1.54) is 11.1 Å². The fourth-order valence-electron chi connectivity index (χ4n) is 3.43. The molecular formula is C22H31N2O2+. The van der Waals surface area contributed by atoms with Crippen molar-refractivity contribution in [2.75, 3.05) is 0 Å². The van der Waals surface area contributed by atoms with Gasteiger partial charge < -0.3 is 5.11 Å².